The van der Waals surface area contributed by atoms with Crippen molar-refractivity contribution in [2.75, 3.05) is 7.11 Å². The molecule has 0 saturated heterocycles. The van der Waals surface area contributed by atoms with E-state index in [9.17, 15) is 9.18 Å². The summed E-state index contributed by atoms with van der Waals surface area (Å²) in [6, 6.07) is 9.40. The quantitative estimate of drug-likeness (QED) is 0.773. The van der Waals surface area contributed by atoms with Gasteiger partial charge in [-0.3, -0.25) is 4.79 Å². The molecule has 0 fully saturated rings. The first-order valence-electron chi connectivity index (χ1n) is 5.84. The van der Waals surface area contributed by atoms with Gasteiger partial charge in [-0.1, -0.05) is 28.1 Å². The molecule has 0 saturated carbocycles. The number of methoxy groups -OCH3 is 1. The third-order valence-corrected chi connectivity index (χ3v) is 3.48. The summed E-state index contributed by atoms with van der Waals surface area (Å²) in [5, 5.41) is 0. The molecule has 0 heterocycles. The number of halogens is 2. The van der Waals surface area contributed by atoms with E-state index in [0.717, 1.165) is 5.56 Å². The SMILES string of the molecule is COc1cccc(C=O)c1OCc1ccc(F)cc1Br. The average molecular weight is 339 g/mol. The van der Waals surface area contributed by atoms with Crippen LogP contribution < -0.4 is 9.47 Å². The first kappa shape index (κ1) is 14.5. The van der Waals surface area contributed by atoms with Gasteiger partial charge in [0.05, 0.1) is 12.7 Å². The van der Waals surface area contributed by atoms with Crippen LogP contribution in [-0.4, -0.2) is 13.4 Å². The average Bonchev–Trinajstić information content (AvgIpc) is 2.46. The second-order valence-electron chi connectivity index (χ2n) is 4.02. The molecule has 104 valence electrons. The summed E-state index contributed by atoms with van der Waals surface area (Å²) < 4.78 is 24.4. The van der Waals surface area contributed by atoms with Crippen LogP contribution in [0.4, 0.5) is 4.39 Å². The van der Waals surface area contributed by atoms with Crippen molar-refractivity contribution < 1.29 is 18.7 Å². The van der Waals surface area contributed by atoms with Crippen LogP contribution in [0.3, 0.4) is 0 Å². The molecule has 0 amide bonds. The van der Waals surface area contributed by atoms with E-state index in [1.54, 1.807) is 24.3 Å². The number of hydrogen-bond donors (Lipinski definition) is 0. The van der Waals surface area contributed by atoms with Crippen molar-refractivity contribution in [3.8, 4) is 11.5 Å². The molecule has 0 bridgehead atoms. The number of para-hydroxylation sites is 1. The highest BCUT2D eigenvalue weighted by Gasteiger charge is 2.11. The molecule has 0 aromatic heterocycles. The Bertz CT molecular complexity index is 629. The molecular weight excluding hydrogens is 327 g/mol. The Morgan fingerprint density at radius 1 is 1.30 bits per heavy atom. The fourth-order valence-corrected chi connectivity index (χ4v) is 2.19. The minimum absolute atomic E-state index is 0.197. The van der Waals surface area contributed by atoms with Crippen molar-refractivity contribution in [3.05, 3.63) is 57.8 Å². The monoisotopic (exact) mass is 338 g/mol. The standard InChI is InChI=1S/C15H12BrFO3/c1-19-14-4-2-3-10(8-18)15(14)20-9-11-5-6-12(17)7-13(11)16/h2-8H,9H2,1H3. The fourth-order valence-electron chi connectivity index (χ4n) is 1.73. The third kappa shape index (κ3) is 3.17. The smallest absolute Gasteiger partial charge is 0.172 e. The number of benzene rings is 2. The Kier molecular flexibility index (Phi) is 4.74. The van der Waals surface area contributed by atoms with Crippen molar-refractivity contribution in [2.24, 2.45) is 0 Å². The zero-order valence-electron chi connectivity index (χ0n) is 10.7. The van der Waals surface area contributed by atoms with Gasteiger partial charge in [0.25, 0.3) is 0 Å². The summed E-state index contributed by atoms with van der Waals surface area (Å²) in [5.41, 5.74) is 1.18. The molecule has 0 aliphatic heterocycles. The maximum Gasteiger partial charge on any atom is 0.172 e. The van der Waals surface area contributed by atoms with Crippen LogP contribution in [0.1, 0.15) is 15.9 Å². The molecule has 0 atom stereocenters. The minimum atomic E-state index is -0.327. The molecule has 0 aliphatic rings. The van der Waals surface area contributed by atoms with Crippen LogP contribution in [-0.2, 0) is 6.61 Å². The molecule has 0 spiro atoms. The molecular formula is C15H12BrFO3. The normalized spacial score (nSPS) is 10.2. The number of carbonyl (C=O) groups excluding carboxylic acids is 1. The highest BCUT2D eigenvalue weighted by Crippen LogP contribution is 2.31. The van der Waals surface area contributed by atoms with Crippen molar-refractivity contribution in [1.29, 1.82) is 0 Å². The molecule has 0 aliphatic carbocycles. The van der Waals surface area contributed by atoms with Crippen LogP contribution in [0.25, 0.3) is 0 Å². The maximum absolute atomic E-state index is 13.0. The lowest BCUT2D eigenvalue weighted by Gasteiger charge is -2.13. The van der Waals surface area contributed by atoms with E-state index in [2.05, 4.69) is 15.9 Å². The van der Waals surface area contributed by atoms with Crippen LogP contribution in [0.2, 0.25) is 0 Å². The second-order valence-corrected chi connectivity index (χ2v) is 4.88. The van der Waals surface area contributed by atoms with Crippen LogP contribution in [0.5, 0.6) is 11.5 Å². The summed E-state index contributed by atoms with van der Waals surface area (Å²) in [4.78, 5) is 11.0. The van der Waals surface area contributed by atoms with Gasteiger partial charge in [-0.15, -0.1) is 0 Å². The van der Waals surface area contributed by atoms with Gasteiger partial charge in [0.1, 0.15) is 12.4 Å². The predicted molar refractivity (Wildman–Crippen MR) is 76.8 cm³/mol. The van der Waals surface area contributed by atoms with Crippen molar-refractivity contribution in [1.82, 2.24) is 0 Å². The van der Waals surface area contributed by atoms with E-state index in [0.29, 0.717) is 27.8 Å². The molecule has 5 heteroatoms. The lowest BCUT2D eigenvalue weighted by atomic mass is 10.2. The van der Waals surface area contributed by atoms with Gasteiger partial charge < -0.3 is 9.47 Å². The first-order chi connectivity index (χ1) is 9.65. The number of carbonyl (C=O) groups is 1. The van der Waals surface area contributed by atoms with Crippen molar-refractivity contribution in [2.45, 2.75) is 6.61 Å². The Hall–Kier alpha value is -1.88. The van der Waals surface area contributed by atoms with Crippen molar-refractivity contribution >= 4 is 22.2 Å². The van der Waals surface area contributed by atoms with E-state index in [1.807, 2.05) is 0 Å². The Morgan fingerprint density at radius 2 is 2.10 bits per heavy atom. The highest BCUT2D eigenvalue weighted by atomic mass is 79.9. The molecule has 3 nitrogen and oxygen atoms in total. The number of aldehydes is 1. The molecule has 0 N–H and O–H groups in total. The van der Waals surface area contributed by atoms with E-state index >= 15 is 0 Å². The highest BCUT2D eigenvalue weighted by molar-refractivity contribution is 9.10. The van der Waals surface area contributed by atoms with E-state index in [-0.39, 0.29) is 12.4 Å². The van der Waals surface area contributed by atoms with Gasteiger partial charge in [0.15, 0.2) is 17.8 Å². The Morgan fingerprint density at radius 3 is 2.75 bits per heavy atom. The second kappa shape index (κ2) is 6.52. The molecule has 0 unspecified atom stereocenters. The Balaban J connectivity index is 2.24. The topological polar surface area (TPSA) is 35.5 Å². The molecule has 20 heavy (non-hydrogen) atoms. The van der Waals surface area contributed by atoms with Crippen LogP contribution >= 0.6 is 15.9 Å². The summed E-state index contributed by atoms with van der Waals surface area (Å²) in [6.45, 7) is 0.197. The zero-order chi connectivity index (χ0) is 14.5. The zero-order valence-corrected chi connectivity index (χ0v) is 12.3. The summed E-state index contributed by atoms with van der Waals surface area (Å²) in [7, 11) is 1.50. The third-order valence-electron chi connectivity index (χ3n) is 2.74. The molecule has 2 rings (SSSR count). The van der Waals surface area contributed by atoms with Gasteiger partial charge in [-0.05, 0) is 24.3 Å². The molecule has 2 aromatic carbocycles. The van der Waals surface area contributed by atoms with E-state index in [1.165, 1.54) is 19.2 Å². The lowest BCUT2D eigenvalue weighted by Crippen LogP contribution is -2.01. The van der Waals surface area contributed by atoms with Crippen LogP contribution in [0, 0.1) is 5.82 Å². The van der Waals surface area contributed by atoms with E-state index < -0.39 is 0 Å². The maximum atomic E-state index is 13.0. The fraction of sp³-hybridized carbons (Fsp3) is 0.133. The number of ether oxygens (including phenoxy) is 2. The van der Waals surface area contributed by atoms with Crippen molar-refractivity contribution in [3.63, 3.8) is 0 Å². The van der Waals surface area contributed by atoms with Gasteiger partial charge in [0.2, 0.25) is 0 Å². The van der Waals surface area contributed by atoms with Gasteiger partial charge in [0, 0.05) is 10.0 Å². The van der Waals surface area contributed by atoms with Crippen LogP contribution in [0.15, 0.2) is 40.9 Å². The number of hydrogen-bond acceptors (Lipinski definition) is 3. The first-order valence-corrected chi connectivity index (χ1v) is 6.64. The largest absolute Gasteiger partial charge is 0.493 e. The van der Waals surface area contributed by atoms with Gasteiger partial charge in [-0.2, -0.15) is 0 Å². The summed E-state index contributed by atoms with van der Waals surface area (Å²) in [6.07, 6.45) is 0.706. The summed E-state index contributed by atoms with van der Waals surface area (Å²) >= 11 is 3.27. The van der Waals surface area contributed by atoms with Gasteiger partial charge >= 0.3 is 0 Å². The molecule has 2 aromatic rings. The van der Waals surface area contributed by atoms with Gasteiger partial charge in [-0.25, -0.2) is 4.39 Å². The number of rotatable bonds is 5. The predicted octanol–water partition coefficient (Wildman–Crippen LogP) is 3.99. The summed E-state index contributed by atoms with van der Waals surface area (Å²) in [5.74, 6) is 0.528. The minimum Gasteiger partial charge on any atom is -0.493 e. The lowest BCUT2D eigenvalue weighted by molar-refractivity contribution is 0.111. The molecule has 0 radical (unpaired) electrons. The Labute approximate surface area is 124 Å². The van der Waals surface area contributed by atoms with E-state index in [4.69, 9.17) is 9.47 Å².